The van der Waals surface area contributed by atoms with Gasteiger partial charge in [0.2, 0.25) is 17.7 Å². The lowest BCUT2D eigenvalue weighted by molar-refractivity contribution is -0.129. The van der Waals surface area contributed by atoms with E-state index in [-0.39, 0.29) is 30.7 Å². The molecule has 0 aromatic carbocycles. The van der Waals surface area contributed by atoms with E-state index in [1.54, 1.807) is 11.1 Å². The number of amides is 2. The first-order valence-electron chi connectivity index (χ1n) is 9.47. The van der Waals surface area contributed by atoms with Crippen molar-refractivity contribution in [1.82, 2.24) is 25.3 Å². The van der Waals surface area contributed by atoms with Crippen molar-refractivity contribution in [2.24, 2.45) is 5.92 Å². The van der Waals surface area contributed by atoms with Crippen LogP contribution in [0, 0.1) is 5.92 Å². The number of likely N-dealkylation sites (tertiary alicyclic amines) is 1. The lowest BCUT2D eigenvalue weighted by Gasteiger charge is -2.15. The van der Waals surface area contributed by atoms with E-state index >= 15 is 0 Å². The average molecular weight is 369 g/mol. The zero-order chi connectivity index (χ0) is 18.6. The molecule has 8 heteroatoms. The van der Waals surface area contributed by atoms with Crippen LogP contribution in [-0.2, 0) is 22.7 Å². The summed E-state index contributed by atoms with van der Waals surface area (Å²) < 4.78 is 5.33. The molecule has 1 atom stereocenters. The number of rotatable bonds is 6. The second kappa shape index (κ2) is 7.85. The standard InChI is InChI=1S/C19H23N5O3/c25-17-9-14(11-24(17)12-15-7-3-4-8-20-15)18(26)21-10-16-22-19(27-23-16)13-5-1-2-6-13/h3-4,7-8,13-14H,1-2,5-6,9-12H2,(H,21,26)/t14-/m1/s1. The van der Waals surface area contributed by atoms with Crippen LogP contribution in [0.15, 0.2) is 28.9 Å². The molecule has 27 heavy (non-hydrogen) atoms. The molecule has 2 aliphatic rings. The highest BCUT2D eigenvalue weighted by atomic mass is 16.5. The number of aromatic nitrogens is 3. The largest absolute Gasteiger partial charge is 0.348 e. The summed E-state index contributed by atoms with van der Waals surface area (Å²) in [6, 6.07) is 5.60. The van der Waals surface area contributed by atoms with E-state index in [2.05, 4.69) is 20.4 Å². The highest BCUT2D eigenvalue weighted by molar-refractivity contribution is 5.89. The normalized spacial score (nSPS) is 20.4. The molecule has 3 heterocycles. The van der Waals surface area contributed by atoms with Crippen molar-refractivity contribution in [3.63, 3.8) is 0 Å². The summed E-state index contributed by atoms with van der Waals surface area (Å²) in [5.74, 6) is 0.981. The topological polar surface area (TPSA) is 101 Å². The Morgan fingerprint density at radius 3 is 2.93 bits per heavy atom. The van der Waals surface area contributed by atoms with Gasteiger partial charge in [0, 0.05) is 25.1 Å². The lowest BCUT2D eigenvalue weighted by Crippen LogP contribution is -2.32. The van der Waals surface area contributed by atoms with Gasteiger partial charge in [0.25, 0.3) is 0 Å². The van der Waals surface area contributed by atoms with Gasteiger partial charge in [-0.1, -0.05) is 24.1 Å². The Bertz CT molecular complexity index is 801. The minimum absolute atomic E-state index is 0.0242. The van der Waals surface area contributed by atoms with E-state index in [1.165, 1.54) is 12.8 Å². The molecule has 0 bridgehead atoms. The highest BCUT2D eigenvalue weighted by Gasteiger charge is 2.34. The summed E-state index contributed by atoms with van der Waals surface area (Å²) in [6.07, 6.45) is 6.49. The molecule has 4 rings (SSSR count). The first-order chi connectivity index (χ1) is 13.2. The van der Waals surface area contributed by atoms with Gasteiger partial charge in [-0.25, -0.2) is 0 Å². The zero-order valence-corrected chi connectivity index (χ0v) is 15.1. The lowest BCUT2D eigenvalue weighted by atomic mass is 10.1. The summed E-state index contributed by atoms with van der Waals surface area (Å²) in [5.41, 5.74) is 0.818. The van der Waals surface area contributed by atoms with E-state index in [9.17, 15) is 9.59 Å². The van der Waals surface area contributed by atoms with Crippen LogP contribution in [0.25, 0.3) is 0 Å². The maximum atomic E-state index is 12.4. The summed E-state index contributed by atoms with van der Waals surface area (Å²) in [6.45, 7) is 1.06. The van der Waals surface area contributed by atoms with Crippen LogP contribution in [0.5, 0.6) is 0 Å². The Balaban J connectivity index is 1.28. The quantitative estimate of drug-likeness (QED) is 0.833. The zero-order valence-electron chi connectivity index (χ0n) is 15.1. The third kappa shape index (κ3) is 4.15. The van der Waals surface area contributed by atoms with Crippen LogP contribution in [0.4, 0.5) is 0 Å². The monoisotopic (exact) mass is 369 g/mol. The number of hydrogen-bond donors (Lipinski definition) is 1. The van der Waals surface area contributed by atoms with Gasteiger partial charge >= 0.3 is 0 Å². The van der Waals surface area contributed by atoms with Crippen molar-refractivity contribution >= 4 is 11.8 Å². The molecule has 2 amide bonds. The highest BCUT2D eigenvalue weighted by Crippen LogP contribution is 2.32. The fourth-order valence-electron chi connectivity index (χ4n) is 3.78. The van der Waals surface area contributed by atoms with E-state index in [1.807, 2.05) is 18.2 Å². The maximum Gasteiger partial charge on any atom is 0.229 e. The molecule has 2 fully saturated rings. The molecule has 0 unspecified atom stereocenters. The molecule has 1 N–H and O–H groups in total. The molecule has 2 aromatic rings. The first kappa shape index (κ1) is 17.6. The molecule has 0 spiro atoms. The second-order valence-electron chi connectivity index (χ2n) is 7.24. The number of carbonyl (C=O) groups is 2. The Hall–Kier alpha value is -2.77. The van der Waals surface area contributed by atoms with Crippen molar-refractivity contribution in [3.05, 3.63) is 41.8 Å². The van der Waals surface area contributed by atoms with Gasteiger partial charge in [0.1, 0.15) is 0 Å². The molecule has 1 aliphatic carbocycles. The minimum Gasteiger partial charge on any atom is -0.348 e. The Morgan fingerprint density at radius 1 is 1.30 bits per heavy atom. The SMILES string of the molecule is O=C(NCc1noc(C2CCCC2)n1)[C@@H]1CC(=O)N(Cc2ccccn2)C1. The predicted molar refractivity (Wildman–Crippen MR) is 95.1 cm³/mol. The Morgan fingerprint density at radius 2 is 2.15 bits per heavy atom. The third-order valence-corrected chi connectivity index (χ3v) is 5.27. The Labute approximate surface area is 157 Å². The van der Waals surface area contributed by atoms with Crippen molar-refractivity contribution in [2.75, 3.05) is 6.54 Å². The van der Waals surface area contributed by atoms with Gasteiger partial charge in [-0.2, -0.15) is 4.98 Å². The van der Waals surface area contributed by atoms with Crippen LogP contribution in [-0.4, -0.2) is 38.4 Å². The van der Waals surface area contributed by atoms with Crippen molar-refractivity contribution in [3.8, 4) is 0 Å². The molecule has 2 aromatic heterocycles. The number of nitrogens with zero attached hydrogens (tertiary/aromatic N) is 4. The van der Waals surface area contributed by atoms with Gasteiger partial charge in [-0.3, -0.25) is 14.6 Å². The predicted octanol–water partition coefficient (Wildman–Crippen LogP) is 1.79. The van der Waals surface area contributed by atoms with Gasteiger partial charge in [0.05, 0.1) is 24.7 Å². The molecule has 0 radical (unpaired) electrons. The van der Waals surface area contributed by atoms with Crippen LogP contribution < -0.4 is 5.32 Å². The van der Waals surface area contributed by atoms with E-state index < -0.39 is 0 Å². The van der Waals surface area contributed by atoms with Gasteiger partial charge in [-0.05, 0) is 25.0 Å². The van der Waals surface area contributed by atoms with Gasteiger partial charge < -0.3 is 14.7 Å². The van der Waals surface area contributed by atoms with E-state index in [0.29, 0.717) is 30.7 Å². The minimum atomic E-state index is -0.359. The summed E-state index contributed by atoms with van der Waals surface area (Å²) in [7, 11) is 0. The number of nitrogens with one attached hydrogen (secondary N) is 1. The molecule has 142 valence electrons. The van der Waals surface area contributed by atoms with Crippen molar-refractivity contribution in [2.45, 2.75) is 51.1 Å². The molecular formula is C19H23N5O3. The average Bonchev–Trinajstić information content (AvgIpc) is 3.42. The van der Waals surface area contributed by atoms with Crippen molar-refractivity contribution < 1.29 is 14.1 Å². The fourth-order valence-corrected chi connectivity index (χ4v) is 3.78. The first-order valence-corrected chi connectivity index (χ1v) is 9.47. The molecule has 1 saturated carbocycles. The fraction of sp³-hybridized carbons (Fsp3) is 0.526. The van der Waals surface area contributed by atoms with Crippen LogP contribution in [0.1, 0.15) is 55.4 Å². The van der Waals surface area contributed by atoms with Crippen molar-refractivity contribution in [1.29, 1.82) is 0 Å². The summed E-state index contributed by atoms with van der Waals surface area (Å²) in [5, 5.41) is 6.79. The second-order valence-corrected chi connectivity index (χ2v) is 7.24. The van der Waals surface area contributed by atoms with Gasteiger partial charge in [0.15, 0.2) is 5.82 Å². The van der Waals surface area contributed by atoms with E-state index in [0.717, 1.165) is 18.5 Å². The maximum absolute atomic E-state index is 12.4. The molecule has 1 saturated heterocycles. The molecule has 8 nitrogen and oxygen atoms in total. The smallest absolute Gasteiger partial charge is 0.229 e. The van der Waals surface area contributed by atoms with Gasteiger partial charge in [-0.15, -0.1) is 0 Å². The van der Waals surface area contributed by atoms with Crippen LogP contribution in [0.3, 0.4) is 0 Å². The molecular weight excluding hydrogens is 346 g/mol. The number of carbonyl (C=O) groups excluding carboxylic acids is 2. The third-order valence-electron chi connectivity index (χ3n) is 5.27. The summed E-state index contributed by atoms with van der Waals surface area (Å²) >= 11 is 0. The Kier molecular flexibility index (Phi) is 5.13. The van der Waals surface area contributed by atoms with E-state index in [4.69, 9.17) is 4.52 Å². The molecule has 1 aliphatic heterocycles. The number of pyridine rings is 1. The summed E-state index contributed by atoms with van der Waals surface area (Å²) in [4.78, 5) is 34.9. The van der Waals surface area contributed by atoms with Crippen LogP contribution in [0.2, 0.25) is 0 Å². The number of hydrogen-bond acceptors (Lipinski definition) is 6. The van der Waals surface area contributed by atoms with Crippen LogP contribution >= 0.6 is 0 Å².